The van der Waals surface area contributed by atoms with E-state index in [1.807, 2.05) is 0 Å². The molecule has 4 N–H and O–H groups in total. The molecule has 0 rings (SSSR count). The highest BCUT2D eigenvalue weighted by atomic mass is 16.4. The lowest BCUT2D eigenvalue weighted by Crippen LogP contribution is -2.45. The molecule has 1 unspecified atom stereocenters. The van der Waals surface area contributed by atoms with Gasteiger partial charge in [0.1, 0.15) is 6.04 Å². The van der Waals surface area contributed by atoms with E-state index in [0.717, 1.165) is 0 Å². The van der Waals surface area contributed by atoms with Gasteiger partial charge >= 0.3 is 5.97 Å². The van der Waals surface area contributed by atoms with E-state index in [1.54, 1.807) is 20.8 Å². The zero-order valence-electron chi connectivity index (χ0n) is 8.78. The zero-order chi connectivity index (χ0) is 11.3. The molecular formula is C9H18N2O3. The average Bonchev–Trinajstić information content (AvgIpc) is 1.97. The second-order valence-corrected chi connectivity index (χ2v) is 3.81. The third kappa shape index (κ3) is 4.81. The number of aliphatic carboxylic acids is 1. The van der Waals surface area contributed by atoms with Gasteiger partial charge < -0.3 is 16.2 Å². The molecule has 5 heteroatoms. The summed E-state index contributed by atoms with van der Waals surface area (Å²) in [7, 11) is 0. The summed E-state index contributed by atoms with van der Waals surface area (Å²) in [4.78, 5) is 21.9. The molecule has 0 radical (unpaired) electrons. The highest BCUT2D eigenvalue weighted by Gasteiger charge is 2.23. The van der Waals surface area contributed by atoms with Crippen LogP contribution in [0.2, 0.25) is 0 Å². The highest BCUT2D eigenvalue weighted by molar-refractivity contribution is 5.83. The van der Waals surface area contributed by atoms with Crippen LogP contribution in [0.1, 0.15) is 27.2 Å². The largest absolute Gasteiger partial charge is 0.480 e. The summed E-state index contributed by atoms with van der Waals surface area (Å²) >= 11 is 0. The van der Waals surface area contributed by atoms with Crippen LogP contribution < -0.4 is 11.1 Å². The minimum Gasteiger partial charge on any atom is -0.480 e. The van der Waals surface area contributed by atoms with Gasteiger partial charge in [0, 0.05) is 12.5 Å². The number of hydrogen-bond acceptors (Lipinski definition) is 3. The maximum atomic E-state index is 11.2. The Kier molecular flexibility index (Phi) is 5.15. The summed E-state index contributed by atoms with van der Waals surface area (Å²) < 4.78 is 0. The Balaban J connectivity index is 4.17. The van der Waals surface area contributed by atoms with Crippen LogP contribution in [0.3, 0.4) is 0 Å². The van der Waals surface area contributed by atoms with Gasteiger partial charge in [0.15, 0.2) is 0 Å². The second kappa shape index (κ2) is 5.59. The van der Waals surface area contributed by atoms with E-state index in [-0.39, 0.29) is 24.3 Å². The number of nitrogens with two attached hydrogens (primary N) is 1. The van der Waals surface area contributed by atoms with E-state index < -0.39 is 12.0 Å². The van der Waals surface area contributed by atoms with Gasteiger partial charge in [-0.05, 0) is 12.8 Å². The topological polar surface area (TPSA) is 92.4 Å². The van der Waals surface area contributed by atoms with Gasteiger partial charge in [0.05, 0.1) is 0 Å². The number of carboxylic acid groups (broad SMARTS) is 1. The van der Waals surface area contributed by atoms with Gasteiger partial charge in [-0.1, -0.05) is 13.8 Å². The lowest BCUT2D eigenvalue weighted by Gasteiger charge is -2.18. The molecule has 0 aliphatic heterocycles. The van der Waals surface area contributed by atoms with Crippen LogP contribution in [0.4, 0.5) is 0 Å². The number of rotatable bonds is 5. The fraction of sp³-hybridized carbons (Fsp3) is 0.778. The number of carboxylic acids is 1. The lowest BCUT2D eigenvalue weighted by molar-refractivity contribution is -0.143. The molecule has 0 aliphatic rings. The van der Waals surface area contributed by atoms with Gasteiger partial charge in [0.2, 0.25) is 5.91 Å². The summed E-state index contributed by atoms with van der Waals surface area (Å²) in [6, 6.07) is -1.09. The molecule has 82 valence electrons. The van der Waals surface area contributed by atoms with Crippen molar-refractivity contribution in [2.24, 2.45) is 11.7 Å². The lowest BCUT2D eigenvalue weighted by atomic mass is 10.0. The fourth-order valence-electron chi connectivity index (χ4n) is 1.04. The van der Waals surface area contributed by atoms with E-state index in [1.165, 1.54) is 0 Å². The average molecular weight is 202 g/mol. The van der Waals surface area contributed by atoms with E-state index in [9.17, 15) is 9.59 Å². The molecule has 0 saturated heterocycles. The molecule has 0 spiro atoms. The number of amides is 1. The first kappa shape index (κ1) is 12.9. The Labute approximate surface area is 83.7 Å². The van der Waals surface area contributed by atoms with E-state index in [4.69, 9.17) is 10.8 Å². The SMILES string of the molecule is CC(N)CC(=O)N[C@H](C(=O)O)C(C)C. The maximum Gasteiger partial charge on any atom is 0.326 e. The first-order valence-corrected chi connectivity index (χ1v) is 4.62. The number of carbonyl (C=O) groups is 2. The van der Waals surface area contributed by atoms with Crippen LogP contribution in [-0.4, -0.2) is 29.1 Å². The van der Waals surface area contributed by atoms with Crippen molar-refractivity contribution in [2.45, 2.75) is 39.3 Å². The predicted molar refractivity (Wildman–Crippen MR) is 52.7 cm³/mol. The number of nitrogens with one attached hydrogen (secondary N) is 1. The van der Waals surface area contributed by atoms with Crippen molar-refractivity contribution in [2.75, 3.05) is 0 Å². The quantitative estimate of drug-likeness (QED) is 0.582. The van der Waals surface area contributed by atoms with E-state index in [0.29, 0.717) is 0 Å². The molecule has 1 amide bonds. The third-order valence-corrected chi connectivity index (χ3v) is 1.76. The molecule has 0 saturated carbocycles. The van der Waals surface area contributed by atoms with Crippen LogP contribution in [0.15, 0.2) is 0 Å². The summed E-state index contributed by atoms with van der Waals surface area (Å²) in [5.41, 5.74) is 5.41. The van der Waals surface area contributed by atoms with E-state index in [2.05, 4.69) is 5.32 Å². The molecule has 5 nitrogen and oxygen atoms in total. The van der Waals surface area contributed by atoms with Crippen molar-refractivity contribution in [1.29, 1.82) is 0 Å². The van der Waals surface area contributed by atoms with Crippen LogP contribution in [0.5, 0.6) is 0 Å². The van der Waals surface area contributed by atoms with Crippen LogP contribution >= 0.6 is 0 Å². The van der Waals surface area contributed by atoms with Gasteiger partial charge in [0.25, 0.3) is 0 Å². The summed E-state index contributed by atoms with van der Waals surface area (Å²) in [6.07, 6.45) is 0.149. The third-order valence-electron chi connectivity index (χ3n) is 1.76. The summed E-state index contributed by atoms with van der Waals surface area (Å²) in [6.45, 7) is 5.18. The standard InChI is InChI=1S/C9H18N2O3/c1-5(2)8(9(13)14)11-7(12)4-6(3)10/h5-6,8H,4,10H2,1-3H3,(H,11,12)(H,13,14)/t6?,8-/m0/s1. The van der Waals surface area contributed by atoms with Gasteiger partial charge in [-0.3, -0.25) is 4.79 Å². The smallest absolute Gasteiger partial charge is 0.326 e. The van der Waals surface area contributed by atoms with Gasteiger partial charge in [-0.25, -0.2) is 4.79 Å². The molecule has 0 aliphatic carbocycles. The summed E-state index contributed by atoms with van der Waals surface area (Å²) in [5.74, 6) is -1.47. The van der Waals surface area contributed by atoms with Crippen molar-refractivity contribution >= 4 is 11.9 Å². The molecule has 0 aromatic rings. The summed E-state index contributed by atoms with van der Waals surface area (Å²) in [5, 5.41) is 11.2. The minimum atomic E-state index is -1.02. The highest BCUT2D eigenvalue weighted by Crippen LogP contribution is 2.02. The minimum absolute atomic E-state index is 0.135. The van der Waals surface area contributed by atoms with Crippen molar-refractivity contribution in [3.63, 3.8) is 0 Å². The number of carbonyl (C=O) groups excluding carboxylic acids is 1. The molecule has 0 fully saturated rings. The fourth-order valence-corrected chi connectivity index (χ4v) is 1.04. The Morgan fingerprint density at radius 1 is 1.36 bits per heavy atom. The van der Waals surface area contributed by atoms with Crippen LogP contribution in [-0.2, 0) is 9.59 Å². The monoisotopic (exact) mass is 202 g/mol. The normalized spacial score (nSPS) is 14.9. The van der Waals surface area contributed by atoms with Crippen molar-refractivity contribution < 1.29 is 14.7 Å². The molecule has 0 aromatic carbocycles. The Hall–Kier alpha value is -1.10. The molecule has 0 aromatic heterocycles. The first-order chi connectivity index (χ1) is 6.34. The van der Waals surface area contributed by atoms with Gasteiger partial charge in [-0.15, -0.1) is 0 Å². The molecule has 2 atom stereocenters. The zero-order valence-corrected chi connectivity index (χ0v) is 8.78. The molecule has 0 heterocycles. The molecule has 0 bridgehead atoms. The maximum absolute atomic E-state index is 11.2. The molecule has 14 heavy (non-hydrogen) atoms. The second-order valence-electron chi connectivity index (χ2n) is 3.81. The predicted octanol–water partition coefficient (Wildman–Crippen LogP) is -0.0509. The van der Waals surface area contributed by atoms with E-state index >= 15 is 0 Å². The van der Waals surface area contributed by atoms with Crippen LogP contribution in [0, 0.1) is 5.92 Å². The number of hydrogen-bond donors (Lipinski definition) is 3. The van der Waals surface area contributed by atoms with Crippen molar-refractivity contribution in [1.82, 2.24) is 5.32 Å². The Bertz CT molecular complexity index is 214. The van der Waals surface area contributed by atoms with Crippen LogP contribution in [0.25, 0.3) is 0 Å². The first-order valence-electron chi connectivity index (χ1n) is 4.62. The molecular weight excluding hydrogens is 184 g/mol. The van der Waals surface area contributed by atoms with Crippen molar-refractivity contribution in [3.05, 3.63) is 0 Å². The van der Waals surface area contributed by atoms with Crippen molar-refractivity contribution in [3.8, 4) is 0 Å². The van der Waals surface area contributed by atoms with Gasteiger partial charge in [-0.2, -0.15) is 0 Å². The Morgan fingerprint density at radius 2 is 1.86 bits per heavy atom. The Morgan fingerprint density at radius 3 is 2.14 bits per heavy atom.